The zero-order valence-corrected chi connectivity index (χ0v) is 18.0. The van der Waals surface area contributed by atoms with E-state index in [1.807, 2.05) is 30.3 Å². The molecule has 3 rings (SSSR count). The third kappa shape index (κ3) is 3.94. The van der Waals surface area contributed by atoms with Crippen LogP contribution in [0, 0.1) is 0 Å². The van der Waals surface area contributed by atoms with Crippen LogP contribution >= 0.6 is 0 Å². The maximum Gasteiger partial charge on any atom is 0.250 e. The fourth-order valence-corrected chi connectivity index (χ4v) is 4.09. The Bertz CT molecular complexity index is 842. The lowest BCUT2D eigenvalue weighted by molar-refractivity contribution is -0.118. The van der Waals surface area contributed by atoms with E-state index in [0.717, 1.165) is 22.6 Å². The van der Waals surface area contributed by atoms with Crippen molar-refractivity contribution in [2.24, 2.45) is 5.73 Å². The minimum Gasteiger partial charge on any atom is -0.543 e. The molecule has 2 N–H and O–H groups in total. The maximum absolute atomic E-state index is 12.4. The Balaban J connectivity index is 1.96. The summed E-state index contributed by atoms with van der Waals surface area (Å²) in [5.74, 6) is 0.884. The summed E-state index contributed by atoms with van der Waals surface area (Å²) in [7, 11) is -1.91. The molecule has 1 saturated heterocycles. The number of hydrogen-bond donors (Lipinski definition) is 1. The first-order valence-corrected chi connectivity index (χ1v) is 12.5. The molecule has 1 aliphatic heterocycles. The first-order chi connectivity index (χ1) is 12.6. The van der Waals surface area contributed by atoms with Gasteiger partial charge in [0, 0.05) is 12.1 Å². The zero-order valence-electron chi connectivity index (χ0n) is 17.0. The van der Waals surface area contributed by atoms with Crippen molar-refractivity contribution in [1.29, 1.82) is 0 Å². The number of benzene rings is 2. The van der Waals surface area contributed by atoms with E-state index in [0.29, 0.717) is 13.0 Å². The molecule has 27 heavy (non-hydrogen) atoms. The van der Waals surface area contributed by atoms with Gasteiger partial charge in [-0.25, -0.2) is 0 Å². The Kier molecular flexibility index (Phi) is 5.19. The molecule has 144 valence electrons. The van der Waals surface area contributed by atoms with E-state index in [2.05, 4.69) is 52.1 Å². The molecule has 1 atom stereocenters. The van der Waals surface area contributed by atoms with Gasteiger partial charge in [0.2, 0.25) is 14.2 Å². The van der Waals surface area contributed by atoms with Crippen molar-refractivity contribution in [2.45, 2.75) is 51.4 Å². The van der Waals surface area contributed by atoms with Gasteiger partial charge < -0.3 is 15.1 Å². The average Bonchev–Trinajstić information content (AvgIpc) is 2.93. The molecule has 0 bridgehead atoms. The summed E-state index contributed by atoms with van der Waals surface area (Å²) in [6.07, 6.45) is 0.696. The van der Waals surface area contributed by atoms with Crippen LogP contribution in [0.5, 0.6) is 5.75 Å². The van der Waals surface area contributed by atoms with Crippen LogP contribution < -0.4 is 15.1 Å². The number of carbonyl (C=O) groups excluding carboxylic acids is 1. The molecule has 4 nitrogen and oxygen atoms in total. The molecule has 5 heteroatoms. The molecule has 0 spiro atoms. The first kappa shape index (κ1) is 19.6. The van der Waals surface area contributed by atoms with Crippen molar-refractivity contribution in [3.63, 3.8) is 0 Å². The topological polar surface area (TPSA) is 55.6 Å². The predicted molar refractivity (Wildman–Crippen MR) is 115 cm³/mol. The number of amides is 1. The first-order valence-electron chi connectivity index (χ1n) is 9.55. The molecule has 2 aromatic carbocycles. The van der Waals surface area contributed by atoms with Crippen molar-refractivity contribution in [3.05, 3.63) is 48.5 Å². The molecule has 1 aliphatic rings. The number of carbonyl (C=O) groups is 1. The summed E-state index contributed by atoms with van der Waals surface area (Å²) in [6.45, 7) is 11.9. The predicted octanol–water partition coefficient (Wildman–Crippen LogP) is 4.80. The molecular formula is C22H30N2O2Si. The largest absolute Gasteiger partial charge is 0.543 e. The number of rotatable bonds is 4. The molecule has 0 unspecified atom stereocenters. The van der Waals surface area contributed by atoms with E-state index in [9.17, 15) is 4.79 Å². The summed E-state index contributed by atoms with van der Waals surface area (Å²) < 4.78 is 6.47. The van der Waals surface area contributed by atoms with E-state index in [-0.39, 0.29) is 10.9 Å². The van der Waals surface area contributed by atoms with Crippen molar-refractivity contribution in [3.8, 4) is 16.9 Å². The SMILES string of the molecule is CC(C)(C)[Si](C)(C)Oc1cccc(-c2ccccc2N2CC[C@H](N)C2=O)c1. The van der Waals surface area contributed by atoms with Crippen molar-refractivity contribution in [2.75, 3.05) is 11.4 Å². The molecule has 0 saturated carbocycles. The molecule has 1 heterocycles. The summed E-state index contributed by atoms with van der Waals surface area (Å²) in [4.78, 5) is 14.2. The van der Waals surface area contributed by atoms with Gasteiger partial charge in [-0.3, -0.25) is 4.79 Å². The summed E-state index contributed by atoms with van der Waals surface area (Å²) in [5.41, 5.74) is 8.92. The van der Waals surface area contributed by atoms with Crippen LogP contribution in [0.3, 0.4) is 0 Å². The standard InChI is InChI=1S/C22H30N2O2Si/c1-22(2,3)27(4,5)26-17-10-8-9-16(15-17)18-11-6-7-12-20(18)24-14-13-19(23)21(24)25/h6-12,15,19H,13-14,23H2,1-5H3/t19-/m0/s1. The van der Waals surface area contributed by atoms with Crippen LogP contribution in [-0.4, -0.2) is 26.8 Å². The Morgan fingerprint density at radius 1 is 1.11 bits per heavy atom. The van der Waals surface area contributed by atoms with Gasteiger partial charge >= 0.3 is 0 Å². The van der Waals surface area contributed by atoms with E-state index in [1.54, 1.807) is 4.90 Å². The van der Waals surface area contributed by atoms with Crippen LogP contribution in [-0.2, 0) is 4.79 Å². The van der Waals surface area contributed by atoms with Crippen molar-refractivity contribution >= 4 is 19.9 Å². The highest BCUT2D eigenvalue weighted by Crippen LogP contribution is 2.39. The average molecular weight is 383 g/mol. The molecule has 2 aromatic rings. The Hall–Kier alpha value is -2.11. The summed E-state index contributed by atoms with van der Waals surface area (Å²) in [5, 5.41) is 0.138. The van der Waals surface area contributed by atoms with Crippen molar-refractivity contribution in [1.82, 2.24) is 0 Å². The van der Waals surface area contributed by atoms with Gasteiger partial charge in [0.15, 0.2) is 0 Å². The van der Waals surface area contributed by atoms with Gasteiger partial charge in [0.05, 0.1) is 11.7 Å². The Morgan fingerprint density at radius 2 is 1.81 bits per heavy atom. The molecule has 0 aromatic heterocycles. The van der Waals surface area contributed by atoms with Crippen LogP contribution in [0.2, 0.25) is 18.1 Å². The second-order valence-corrected chi connectivity index (χ2v) is 13.5. The lowest BCUT2D eigenvalue weighted by Crippen LogP contribution is -2.43. The molecular weight excluding hydrogens is 352 g/mol. The van der Waals surface area contributed by atoms with Gasteiger partial charge in [0.1, 0.15) is 5.75 Å². The lowest BCUT2D eigenvalue weighted by atomic mass is 10.0. The smallest absolute Gasteiger partial charge is 0.250 e. The fourth-order valence-electron chi connectivity index (χ4n) is 3.07. The molecule has 0 aliphatic carbocycles. The highest BCUT2D eigenvalue weighted by molar-refractivity contribution is 6.74. The minimum atomic E-state index is -1.91. The van der Waals surface area contributed by atoms with Gasteiger partial charge in [-0.1, -0.05) is 51.1 Å². The second-order valence-electron chi connectivity index (χ2n) is 8.79. The normalized spacial score (nSPS) is 18.1. The summed E-state index contributed by atoms with van der Waals surface area (Å²) >= 11 is 0. The monoisotopic (exact) mass is 382 g/mol. The van der Waals surface area contributed by atoms with Crippen LogP contribution in [0.1, 0.15) is 27.2 Å². The Labute approximate surface area is 163 Å². The molecule has 0 radical (unpaired) electrons. The van der Waals surface area contributed by atoms with Gasteiger partial charge in [0.25, 0.3) is 0 Å². The number of nitrogens with zero attached hydrogens (tertiary/aromatic N) is 1. The van der Waals surface area contributed by atoms with E-state index < -0.39 is 14.4 Å². The fraction of sp³-hybridized carbons (Fsp3) is 0.409. The number of anilines is 1. The lowest BCUT2D eigenvalue weighted by Gasteiger charge is -2.36. The number of hydrogen-bond acceptors (Lipinski definition) is 3. The maximum atomic E-state index is 12.4. The minimum absolute atomic E-state index is 0.00359. The molecule has 1 amide bonds. The van der Waals surface area contributed by atoms with E-state index in [1.165, 1.54) is 0 Å². The highest BCUT2D eigenvalue weighted by atomic mass is 28.4. The van der Waals surface area contributed by atoms with Gasteiger partial charge in [-0.15, -0.1) is 0 Å². The van der Waals surface area contributed by atoms with E-state index in [4.69, 9.17) is 10.2 Å². The van der Waals surface area contributed by atoms with Crippen LogP contribution in [0.15, 0.2) is 48.5 Å². The van der Waals surface area contributed by atoms with Crippen molar-refractivity contribution < 1.29 is 9.22 Å². The number of para-hydroxylation sites is 1. The van der Waals surface area contributed by atoms with Crippen LogP contribution in [0.25, 0.3) is 11.1 Å². The summed E-state index contributed by atoms with van der Waals surface area (Å²) in [6, 6.07) is 15.8. The third-order valence-electron chi connectivity index (χ3n) is 5.77. The van der Waals surface area contributed by atoms with Crippen LogP contribution in [0.4, 0.5) is 5.69 Å². The van der Waals surface area contributed by atoms with Gasteiger partial charge in [-0.2, -0.15) is 0 Å². The highest BCUT2D eigenvalue weighted by Gasteiger charge is 2.39. The number of nitrogens with two attached hydrogens (primary N) is 1. The third-order valence-corrected chi connectivity index (χ3v) is 10.1. The van der Waals surface area contributed by atoms with E-state index >= 15 is 0 Å². The quantitative estimate of drug-likeness (QED) is 0.773. The second kappa shape index (κ2) is 7.13. The molecule has 1 fully saturated rings. The Morgan fingerprint density at radius 3 is 2.44 bits per heavy atom. The zero-order chi connectivity index (χ0) is 19.8. The van der Waals surface area contributed by atoms with Gasteiger partial charge in [-0.05, 0) is 48.3 Å².